The van der Waals surface area contributed by atoms with Gasteiger partial charge in [0.25, 0.3) is 0 Å². The Balaban J connectivity index is 2.34. The van der Waals surface area contributed by atoms with Crippen molar-refractivity contribution in [3.05, 3.63) is 34.3 Å². The lowest BCUT2D eigenvalue weighted by atomic mass is 10.1. The molecule has 1 aliphatic rings. The van der Waals surface area contributed by atoms with E-state index in [0.29, 0.717) is 11.1 Å². The maximum Gasteiger partial charge on any atom is 0.346 e. The zero-order valence-corrected chi connectivity index (χ0v) is 10.5. The monoisotopic (exact) mass is 284 g/mol. The van der Waals surface area contributed by atoms with Crippen molar-refractivity contribution in [1.29, 1.82) is 0 Å². The lowest BCUT2D eigenvalue weighted by molar-refractivity contribution is -0.135. The lowest BCUT2D eigenvalue weighted by Gasteiger charge is -2.02. The molecule has 2 rings (SSSR count). The van der Waals surface area contributed by atoms with E-state index >= 15 is 0 Å². The molecule has 0 amide bonds. The van der Waals surface area contributed by atoms with Crippen LogP contribution in [0.25, 0.3) is 5.57 Å². The van der Waals surface area contributed by atoms with Crippen LogP contribution in [0.4, 0.5) is 0 Å². The van der Waals surface area contributed by atoms with E-state index in [1.54, 1.807) is 11.8 Å². The number of esters is 1. The average molecular weight is 285 g/mol. The van der Waals surface area contributed by atoms with Gasteiger partial charge in [-0.1, -0.05) is 12.1 Å². The Morgan fingerprint density at radius 1 is 1.33 bits per heavy atom. The molecular weight excluding hydrogens is 276 g/mol. The van der Waals surface area contributed by atoms with Crippen molar-refractivity contribution in [3.8, 4) is 0 Å². The number of hydrogen-bond donors (Lipinski definition) is 0. The molecule has 1 aliphatic heterocycles. The molecule has 1 aromatic rings. The predicted octanol–water partition coefficient (Wildman–Crippen LogP) is 3.07. The van der Waals surface area contributed by atoms with E-state index in [-0.39, 0.29) is 5.97 Å². The Bertz CT molecular complexity index is 423. The SMILES string of the molecule is CSc1ccc(C2=C(Br)C(=O)OC2)cc1. The maximum absolute atomic E-state index is 11.1. The zero-order valence-electron chi connectivity index (χ0n) is 8.12. The van der Waals surface area contributed by atoms with Crippen LogP contribution in [0.5, 0.6) is 0 Å². The number of thioether (sulfide) groups is 1. The Morgan fingerprint density at radius 3 is 2.47 bits per heavy atom. The first kappa shape index (κ1) is 10.8. The molecule has 15 heavy (non-hydrogen) atoms. The van der Waals surface area contributed by atoms with E-state index < -0.39 is 0 Å². The number of hydrogen-bond acceptors (Lipinski definition) is 3. The summed E-state index contributed by atoms with van der Waals surface area (Å²) in [6, 6.07) is 8.08. The van der Waals surface area contributed by atoms with Crippen LogP contribution in [-0.4, -0.2) is 18.8 Å². The van der Waals surface area contributed by atoms with Crippen molar-refractivity contribution in [2.75, 3.05) is 12.9 Å². The first-order valence-corrected chi connectivity index (χ1v) is 6.44. The minimum absolute atomic E-state index is 0.279. The number of benzene rings is 1. The highest BCUT2D eigenvalue weighted by atomic mass is 79.9. The summed E-state index contributed by atoms with van der Waals surface area (Å²) in [6.07, 6.45) is 2.03. The number of carbonyl (C=O) groups is 1. The number of rotatable bonds is 2. The summed E-state index contributed by atoms with van der Waals surface area (Å²) in [5.74, 6) is -0.279. The number of halogens is 1. The molecule has 0 fully saturated rings. The van der Waals surface area contributed by atoms with E-state index in [9.17, 15) is 4.79 Å². The van der Waals surface area contributed by atoms with Gasteiger partial charge < -0.3 is 4.74 Å². The van der Waals surface area contributed by atoms with Crippen LogP contribution in [0.3, 0.4) is 0 Å². The summed E-state index contributed by atoms with van der Waals surface area (Å²) >= 11 is 4.94. The Kier molecular flexibility index (Phi) is 3.17. The highest BCUT2D eigenvalue weighted by Crippen LogP contribution is 2.30. The molecule has 1 heterocycles. The Morgan fingerprint density at radius 2 is 2.00 bits per heavy atom. The Labute approximate surface area is 101 Å². The molecule has 0 aromatic heterocycles. The second kappa shape index (κ2) is 4.41. The largest absolute Gasteiger partial charge is 0.457 e. The van der Waals surface area contributed by atoms with Crippen LogP contribution in [-0.2, 0) is 9.53 Å². The van der Waals surface area contributed by atoms with E-state index in [4.69, 9.17) is 4.74 Å². The van der Waals surface area contributed by atoms with Gasteiger partial charge in [0, 0.05) is 10.5 Å². The summed E-state index contributed by atoms with van der Waals surface area (Å²) < 4.78 is 5.46. The van der Waals surface area contributed by atoms with Gasteiger partial charge in [-0.25, -0.2) is 4.79 Å². The third-order valence-corrected chi connectivity index (χ3v) is 3.78. The van der Waals surface area contributed by atoms with Crippen molar-refractivity contribution < 1.29 is 9.53 Å². The van der Waals surface area contributed by atoms with Crippen LogP contribution in [0.1, 0.15) is 5.56 Å². The van der Waals surface area contributed by atoms with E-state index in [2.05, 4.69) is 15.9 Å². The molecule has 0 radical (unpaired) electrons. The van der Waals surface area contributed by atoms with E-state index in [1.165, 1.54) is 4.90 Å². The van der Waals surface area contributed by atoms with Gasteiger partial charge >= 0.3 is 5.97 Å². The minimum atomic E-state index is -0.279. The molecule has 1 aromatic carbocycles. The van der Waals surface area contributed by atoms with Crippen LogP contribution >= 0.6 is 27.7 Å². The average Bonchev–Trinajstić information content (AvgIpc) is 2.60. The summed E-state index contributed by atoms with van der Waals surface area (Å²) in [7, 11) is 0. The second-order valence-electron chi connectivity index (χ2n) is 3.10. The quantitative estimate of drug-likeness (QED) is 0.617. The summed E-state index contributed by atoms with van der Waals surface area (Å²) in [5, 5.41) is 0. The fraction of sp³-hybridized carbons (Fsp3) is 0.182. The topological polar surface area (TPSA) is 26.3 Å². The zero-order chi connectivity index (χ0) is 10.8. The van der Waals surface area contributed by atoms with Crippen molar-refractivity contribution in [3.63, 3.8) is 0 Å². The van der Waals surface area contributed by atoms with Crippen molar-refractivity contribution in [2.45, 2.75) is 4.90 Å². The second-order valence-corrected chi connectivity index (χ2v) is 4.77. The van der Waals surface area contributed by atoms with Crippen molar-refractivity contribution >= 4 is 39.2 Å². The van der Waals surface area contributed by atoms with Gasteiger partial charge in [-0.15, -0.1) is 11.8 Å². The molecule has 2 nitrogen and oxygen atoms in total. The first-order chi connectivity index (χ1) is 7.22. The summed E-state index contributed by atoms with van der Waals surface area (Å²) in [5.41, 5.74) is 1.96. The van der Waals surface area contributed by atoms with Gasteiger partial charge in [-0.05, 0) is 39.9 Å². The maximum atomic E-state index is 11.1. The van der Waals surface area contributed by atoms with Crippen LogP contribution in [0.2, 0.25) is 0 Å². The molecule has 0 saturated heterocycles. The third-order valence-electron chi connectivity index (χ3n) is 2.23. The predicted molar refractivity (Wildman–Crippen MR) is 65.0 cm³/mol. The van der Waals surface area contributed by atoms with Crippen LogP contribution in [0.15, 0.2) is 33.6 Å². The highest BCUT2D eigenvalue weighted by Gasteiger charge is 2.23. The number of ether oxygens (including phenoxy) is 1. The van der Waals surface area contributed by atoms with E-state index in [0.717, 1.165) is 11.1 Å². The summed E-state index contributed by atoms with van der Waals surface area (Å²) in [6.45, 7) is 0.359. The van der Waals surface area contributed by atoms with Gasteiger partial charge in [-0.2, -0.15) is 0 Å². The van der Waals surface area contributed by atoms with E-state index in [1.807, 2.05) is 30.5 Å². The minimum Gasteiger partial charge on any atom is -0.457 e. The van der Waals surface area contributed by atoms with Crippen molar-refractivity contribution in [1.82, 2.24) is 0 Å². The standard InChI is InChI=1S/C11H9BrO2S/c1-15-8-4-2-7(3-5-8)9-6-14-11(13)10(9)12/h2-5H,6H2,1H3. The smallest absolute Gasteiger partial charge is 0.346 e. The fourth-order valence-corrected chi connectivity index (χ4v) is 2.26. The molecule has 0 spiro atoms. The van der Waals surface area contributed by atoms with Crippen LogP contribution in [0, 0.1) is 0 Å². The van der Waals surface area contributed by atoms with Gasteiger partial charge in [0.2, 0.25) is 0 Å². The molecule has 0 unspecified atom stereocenters. The molecule has 0 bridgehead atoms. The fourth-order valence-electron chi connectivity index (χ4n) is 1.39. The van der Waals surface area contributed by atoms with Gasteiger partial charge in [0.05, 0.1) is 0 Å². The van der Waals surface area contributed by atoms with Gasteiger partial charge in [0.15, 0.2) is 0 Å². The van der Waals surface area contributed by atoms with Crippen LogP contribution < -0.4 is 0 Å². The van der Waals surface area contributed by atoms with Crippen molar-refractivity contribution in [2.24, 2.45) is 0 Å². The molecule has 0 aliphatic carbocycles. The number of carbonyl (C=O) groups excluding carboxylic acids is 1. The van der Waals surface area contributed by atoms with Gasteiger partial charge in [0.1, 0.15) is 11.1 Å². The molecular formula is C11H9BrO2S. The summed E-state index contributed by atoms with van der Waals surface area (Å²) in [4.78, 5) is 12.4. The molecule has 4 heteroatoms. The Hall–Kier alpha value is -0.740. The third kappa shape index (κ3) is 2.11. The lowest BCUT2D eigenvalue weighted by Crippen LogP contribution is -1.93. The molecule has 0 atom stereocenters. The molecule has 0 N–H and O–H groups in total. The van der Waals surface area contributed by atoms with Gasteiger partial charge in [-0.3, -0.25) is 0 Å². The molecule has 0 saturated carbocycles. The normalized spacial score (nSPS) is 15.7. The number of cyclic esters (lactones) is 1. The highest BCUT2D eigenvalue weighted by molar-refractivity contribution is 9.12. The molecule has 78 valence electrons. The first-order valence-electron chi connectivity index (χ1n) is 4.42.